The molecular formula is C69H45NO. The Bertz CT molecular complexity index is 4110. The molecule has 0 N–H and O–H groups in total. The Morgan fingerprint density at radius 3 is 1.58 bits per heavy atom. The first kappa shape index (κ1) is 40.8. The molecule has 2 heteroatoms. The zero-order chi connectivity index (χ0) is 46.9. The molecule has 0 saturated heterocycles. The molecule has 0 radical (unpaired) electrons. The quantitative estimate of drug-likeness (QED) is 0.151. The number of hydrogen-bond donors (Lipinski definition) is 0. The van der Waals surface area contributed by atoms with Crippen LogP contribution in [0.1, 0.15) is 22.3 Å². The zero-order valence-electron chi connectivity index (χ0n) is 38.8. The maximum atomic E-state index is 6.92. The number of nitrogens with zero attached hydrogens (tertiary/aromatic N) is 1. The van der Waals surface area contributed by atoms with Gasteiger partial charge in [0, 0.05) is 33.3 Å². The van der Waals surface area contributed by atoms with Crippen molar-refractivity contribution in [3.8, 4) is 44.5 Å². The summed E-state index contributed by atoms with van der Waals surface area (Å²) in [6, 6.07) is 99.8. The van der Waals surface area contributed by atoms with Gasteiger partial charge in [0.15, 0.2) is 0 Å². The van der Waals surface area contributed by atoms with Crippen LogP contribution in [0.15, 0.2) is 277 Å². The van der Waals surface area contributed by atoms with Crippen molar-refractivity contribution in [1.82, 2.24) is 0 Å². The fourth-order valence-corrected chi connectivity index (χ4v) is 11.7. The van der Waals surface area contributed by atoms with Gasteiger partial charge >= 0.3 is 0 Å². The Kier molecular flexibility index (Phi) is 9.47. The van der Waals surface area contributed by atoms with Gasteiger partial charge in [0.05, 0.1) is 11.1 Å². The maximum absolute atomic E-state index is 6.92. The van der Waals surface area contributed by atoms with Crippen LogP contribution in [0.3, 0.4) is 0 Å². The van der Waals surface area contributed by atoms with E-state index in [1.54, 1.807) is 0 Å². The van der Waals surface area contributed by atoms with E-state index < -0.39 is 5.41 Å². The highest BCUT2D eigenvalue weighted by Crippen LogP contribution is 2.57. The minimum atomic E-state index is -0.554. The third-order valence-electron chi connectivity index (χ3n) is 14.9. The Labute approximate surface area is 413 Å². The second-order valence-corrected chi connectivity index (χ2v) is 18.7. The molecule has 12 aromatic carbocycles. The first-order chi connectivity index (χ1) is 35.2. The number of benzene rings is 12. The predicted molar refractivity (Wildman–Crippen MR) is 297 cm³/mol. The van der Waals surface area contributed by atoms with Crippen molar-refractivity contribution in [2.75, 3.05) is 4.90 Å². The van der Waals surface area contributed by atoms with E-state index in [1.807, 2.05) is 0 Å². The van der Waals surface area contributed by atoms with Gasteiger partial charge in [-0.05, 0) is 120 Å². The summed E-state index contributed by atoms with van der Waals surface area (Å²) in [5, 5.41) is 7.09. The first-order valence-corrected chi connectivity index (χ1v) is 24.5. The standard InChI is InChI=1S/C69H45NO/c1-3-21-52(22-4-1)69(53-23-5-2-6-24-53)64-31-13-11-26-58(64)59-42-41-55(45-65(59)69)70(54-39-37-47(38-40-54)46-33-35-49(36-34-46)57-28-15-20-48-17-9-10-25-56(48)57)66-32-14-12-27-60(66)61-29-16-30-62-63-43-50-18-7-8-19-51(50)44-67(63)71-68(61)62/h1-45H. The monoisotopic (exact) mass is 903 g/mol. The normalized spacial score (nSPS) is 12.6. The SMILES string of the molecule is c1ccc(C2(c3ccccc3)c3ccccc3-c3ccc(N(c4ccc(-c5ccc(-c6cccc7ccccc67)cc5)cc4)c4ccccc4-c4cccc5c4oc4cc6ccccc6cc45)cc32)cc1. The highest BCUT2D eigenvalue weighted by atomic mass is 16.3. The van der Waals surface area contributed by atoms with E-state index in [0.717, 1.165) is 61.1 Å². The van der Waals surface area contributed by atoms with Crippen LogP contribution in [0.5, 0.6) is 0 Å². The molecule has 71 heavy (non-hydrogen) atoms. The fraction of sp³-hybridized carbons (Fsp3) is 0.0145. The van der Waals surface area contributed by atoms with Crippen LogP contribution < -0.4 is 4.90 Å². The van der Waals surface area contributed by atoms with Crippen molar-refractivity contribution >= 4 is 60.5 Å². The van der Waals surface area contributed by atoms with Gasteiger partial charge in [-0.1, -0.05) is 231 Å². The molecule has 0 unspecified atom stereocenters. The van der Waals surface area contributed by atoms with E-state index in [0.29, 0.717) is 0 Å². The average molecular weight is 904 g/mol. The smallest absolute Gasteiger partial charge is 0.143 e. The molecule has 2 nitrogen and oxygen atoms in total. The van der Waals surface area contributed by atoms with Crippen LogP contribution >= 0.6 is 0 Å². The van der Waals surface area contributed by atoms with Gasteiger partial charge in [-0.15, -0.1) is 0 Å². The topological polar surface area (TPSA) is 16.4 Å². The highest BCUT2D eigenvalue weighted by Gasteiger charge is 2.46. The average Bonchev–Trinajstić information content (AvgIpc) is 3.97. The van der Waals surface area contributed by atoms with E-state index in [-0.39, 0.29) is 0 Å². The van der Waals surface area contributed by atoms with Crippen molar-refractivity contribution in [3.05, 3.63) is 295 Å². The summed E-state index contributed by atoms with van der Waals surface area (Å²) in [7, 11) is 0. The zero-order valence-corrected chi connectivity index (χ0v) is 38.8. The van der Waals surface area contributed by atoms with Crippen LogP contribution in [-0.2, 0) is 5.41 Å². The van der Waals surface area contributed by atoms with E-state index >= 15 is 0 Å². The minimum absolute atomic E-state index is 0.554. The highest BCUT2D eigenvalue weighted by molar-refractivity contribution is 6.14. The Hall–Kier alpha value is -9.24. The number of para-hydroxylation sites is 2. The molecule has 1 heterocycles. The number of hydrogen-bond acceptors (Lipinski definition) is 2. The molecule has 0 amide bonds. The van der Waals surface area contributed by atoms with E-state index in [9.17, 15) is 0 Å². The molecule has 1 aromatic heterocycles. The maximum Gasteiger partial charge on any atom is 0.143 e. The van der Waals surface area contributed by atoms with Crippen LogP contribution in [0.25, 0.3) is 88.0 Å². The molecule has 14 rings (SSSR count). The lowest BCUT2D eigenvalue weighted by molar-refractivity contribution is 0.670. The molecular weight excluding hydrogens is 859 g/mol. The Morgan fingerprint density at radius 2 is 0.817 bits per heavy atom. The molecule has 0 bridgehead atoms. The minimum Gasteiger partial charge on any atom is -0.455 e. The molecule has 1 aliphatic carbocycles. The summed E-state index contributed by atoms with van der Waals surface area (Å²) in [4.78, 5) is 2.45. The van der Waals surface area contributed by atoms with Crippen molar-refractivity contribution in [3.63, 3.8) is 0 Å². The van der Waals surface area contributed by atoms with Crippen LogP contribution in [0, 0.1) is 0 Å². The van der Waals surface area contributed by atoms with Gasteiger partial charge < -0.3 is 9.32 Å². The molecule has 1 aliphatic rings. The van der Waals surface area contributed by atoms with Gasteiger partial charge in [-0.3, -0.25) is 0 Å². The fourth-order valence-electron chi connectivity index (χ4n) is 11.7. The van der Waals surface area contributed by atoms with E-state index in [2.05, 4.69) is 278 Å². The molecule has 332 valence electrons. The van der Waals surface area contributed by atoms with Gasteiger partial charge in [-0.25, -0.2) is 0 Å². The van der Waals surface area contributed by atoms with Gasteiger partial charge in [0.1, 0.15) is 11.2 Å². The lowest BCUT2D eigenvalue weighted by Gasteiger charge is -2.35. The van der Waals surface area contributed by atoms with Gasteiger partial charge in [0.2, 0.25) is 0 Å². The number of fused-ring (bicyclic) bond motifs is 8. The summed E-state index contributed by atoms with van der Waals surface area (Å²) in [5.41, 5.74) is 18.8. The summed E-state index contributed by atoms with van der Waals surface area (Å²) in [6.07, 6.45) is 0. The Balaban J connectivity index is 0.959. The largest absolute Gasteiger partial charge is 0.455 e. The molecule has 0 fully saturated rings. The summed E-state index contributed by atoms with van der Waals surface area (Å²) >= 11 is 0. The van der Waals surface area contributed by atoms with Crippen LogP contribution in [0.2, 0.25) is 0 Å². The number of rotatable bonds is 8. The van der Waals surface area contributed by atoms with E-state index in [1.165, 1.54) is 66.2 Å². The third-order valence-corrected chi connectivity index (χ3v) is 14.9. The van der Waals surface area contributed by atoms with E-state index in [4.69, 9.17) is 4.42 Å². The number of anilines is 3. The van der Waals surface area contributed by atoms with Crippen molar-refractivity contribution < 1.29 is 4.42 Å². The molecule has 0 atom stereocenters. The van der Waals surface area contributed by atoms with Crippen LogP contribution in [-0.4, -0.2) is 0 Å². The second-order valence-electron chi connectivity index (χ2n) is 18.7. The van der Waals surface area contributed by atoms with Crippen LogP contribution in [0.4, 0.5) is 17.1 Å². The second kappa shape index (κ2) is 16.5. The molecule has 0 saturated carbocycles. The van der Waals surface area contributed by atoms with Crippen molar-refractivity contribution in [2.45, 2.75) is 5.41 Å². The van der Waals surface area contributed by atoms with Gasteiger partial charge in [0.25, 0.3) is 0 Å². The summed E-state index contributed by atoms with van der Waals surface area (Å²) in [5.74, 6) is 0. The predicted octanol–water partition coefficient (Wildman–Crippen LogP) is 18.7. The first-order valence-electron chi connectivity index (χ1n) is 24.5. The lowest BCUT2D eigenvalue weighted by Crippen LogP contribution is -2.28. The molecule has 0 aliphatic heterocycles. The number of furan rings is 1. The molecule has 13 aromatic rings. The van der Waals surface area contributed by atoms with Gasteiger partial charge in [-0.2, -0.15) is 0 Å². The molecule has 0 spiro atoms. The Morgan fingerprint density at radius 1 is 0.296 bits per heavy atom. The summed E-state index contributed by atoms with van der Waals surface area (Å²) in [6.45, 7) is 0. The van der Waals surface area contributed by atoms with Crippen molar-refractivity contribution in [1.29, 1.82) is 0 Å². The lowest BCUT2D eigenvalue weighted by atomic mass is 9.67. The van der Waals surface area contributed by atoms with Crippen molar-refractivity contribution in [2.24, 2.45) is 0 Å². The summed E-state index contributed by atoms with van der Waals surface area (Å²) < 4.78 is 6.92. The third kappa shape index (κ3) is 6.49.